The molecule has 1 aromatic carbocycles. The molecule has 1 nitrogen and oxygen atoms in total. The topological polar surface area (TPSA) is 20.2 Å². The molecule has 3 heteroatoms. The minimum Gasteiger partial charge on any atom is -0.388 e. The van der Waals surface area contributed by atoms with E-state index in [1.165, 1.54) is 12.1 Å². The van der Waals surface area contributed by atoms with Crippen molar-refractivity contribution in [3.63, 3.8) is 0 Å². The van der Waals surface area contributed by atoms with Crippen molar-refractivity contribution < 1.29 is 9.50 Å². The van der Waals surface area contributed by atoms with E-state index in [-0.39, 0.29) is 5.82 Å². The molecular formula is C9H9FOS. The average molecular weight is 184 g/mol. The van der Waals surface area contributed by atoms with Crippen LogP contribution >= 0.6 is 11.8 Å². The van der Waals surface area contributed by atoms with Crippen LogP contribution in [-0.4, -0.2) is 10.9 Å². The van der Waals surface area contributed by atoms with Crippen molar-refractivity contribution in [1.82, 2.24) is 0 Å². The summed E-state index contributed by atoms with van der Waals surface area (Å²) < 4.78 is 12.8. The zero-order valence-corrected chi connectivity index (χ0v) is 7.27. The Morgan fingerprint density at radius 3 is 3.17 bits per heavy atom. The van der Waals surface area contributed by atoms with Gasteiger partial charge in [-0.25, -0.2) is 4.39 Å². The van der Waals surface area contributed by atoms with E-state index in [0.717, 1.165) is 16.9 Å². The highest BCUT2D eigenvalue weighted by atomic mass is 32.2. The molecular weight excluding hydrogens is 175 g/mol. The Morgan fingerprint density at radius 1 is 1.50 bits per heavy atom. The van der Waals surface area contributed by atoms with Gasteiger partial charge in [0.05, 0.1) is 6.10 Å². The maximum absolute atomic E-state index is 12.8. The summed E-state index contributed by atoms with van der Waals surface area (Å²) in [5, 5.41) is 9.50. The summed E-state index contributed by atoms with van der Waals surface area (Å²) in [5.41, 5.74) is 1.81. The van der Waals surface area contributed by atoms with Crippen LogP contribution in [0.5, 0.6) is 0 Å². The number of fused-ring (bicyclic) bond motifs is 1. The first-order valence-corrected chi connectivity index (χ1v) is 4.97. The van der Waals surface area contributed by atoms with Crippen LogP contribution in [0.15, 0.2) is 18.2 Å². The number of thioether (sulfide) groups is 1. The second-order valence-corrected chi connectivity index (χ2v) is 3.90. The molecule has 0 saturated heterocycles. The van der Waals surface area contributed by atoms with Crippen LogP contribution < -0.4 is 0 Å². The summed E-state index contributed by atoms with van der Waals surface area (Å²) in [6.07, 6.45) is -0.491. The number of hydrogen-bond acceptors (Lipinski definition) is 2. The van der Waals surface area contributed by atoms with Gasteiger partial charge in [-0.05, 0) is 23.3 Å². The molecule has 1 heterocycles. The first kappa shape index (κ1) is 8.08. The van der Waals surface area contributed by atoms with Gasteiger partial charge >= 0.3 is 0 Å². The van der Waals surface area contributed by atoms with E-state index in [9.17, 15) is 9.50 Å². The molecule has 1 aliphatic heterocycles. The van der Waals surface area contributed by atoms with E-state index in [2.05, 4.69) is 0 Å². The van der Waals surface area contributed by atoms with Gasteiger partial charge in [-0.3, -0.25) is 0 Å². The van der Waals surface area contributed by atoms with E-state index in [4.69, 9.17) is 0 Å². The predicted octanol–water partition coefficient (Wildman–Crippen LogP) is 2.11. The molecule has 1 aromatic rings. The molecule has 64 valence electrons. The Hall–Kier alpha value is -0.540. The lowest BCUT2D eigenvalue weighted by atomic mass is 10.0. The number of halogens is 1. The van der Waals surface area contributed by atoms with Crippen molar-refractivity contribution in [2.75, 3.05) is 5.75 Å². The molecule has 0 saturated carbocycles. The number of rotatable bonds is 0. The van der Waals surface area contributed by atoms with Gasteiger partial charge in [0.1, 0.15) is 5.82 Å². The molecule has 1 unspecified atom stereocenters. The molecule has 1 aliphatic rings. The molecule has 12 heavy (non-hydrogen) atoms. The van der Waals surface area contributed by atoms with Crippen LogP contribution in [0.25, 0.3) is 0 Å². The number of benzene rings is 1. The van der Waals surface area contributed by atoms with Crippen LogP contribution in [0, 0.1) is 5.82 Å². The summed E-state index contributed by atoms with van der Waals surface area (Å²) in [6.45, 7) is 0. The number of hydrogen-bond donors (Lipinski definition) is 1. The van der Waals surface area contributed by atoms with Crippen molar-refractivity contribution in [1.29, 1.82) is 0 Å². The molecule has 0 spiro atoms. The monoisotopic (exact) mass is 184 g/mol. The Kier molecular flexibility index (Phi) is 2.07. The molecule has 0 aromatic heterocycles. The van der Waals surface area contributed by atoms with Crippen LogP contribution in [0.1, 0.15) is 17.2 Å². The maximum atomic E-state index is 12.8. The summed E-state index contributed by atoms with van der Waals surface area (Å²) in [7, 11) is 0. The third-order valence-corrected chi connectivity index (χ3v) is 3.07. The van der Waals surface area contributed by atoms with E-state index in [1.807, 2.05) is 0 Å². The molecule has 2 rings (SSSR count). The van der Waals surface area contributed by atoms with Crippen LogP contribution in [-0.2, 0) is 5.75 Å². The van der Waals surface area contributed by atoms with Crippen molar-refractivity contribution >= 4 is 11.8 Å². The van der Waals surface area contributed by atoms with Crippen molar-refractivity contribution in [3.8, 4) is 0 Å². The Balaban J connectivity index is 2.47. The lowest BCUT2D eigenvalue weighted by Gasteiger charge is -2.20. The lowest BCUT2D eigenvalue weighted by Crippen LogP contribution is -2.09. The molecule has 0 bridgehead atoms. The van der Waals surface area contributed by atoms with Crippen molar-refractivity contribution in [3.05, 3.63) is 35.1 Å². The van der Waals surface area contributed by atoms with Gasteiger partial charge in [-0.1, -0.05) is 6.07 Å². The van der Waals surface area contributed by atoms with Gasteiger partial charge < -0.3 is 5.11 Å². The zero-order chi connectivity index (χ0) is 8.55. The Bertz CT molecular complexity index is 301. The van der Waals surface area contributed by atoms with Crippen LogP contribution in [0.3, 0.4) is 0 Å². The normalized spacial score (nSPS) is 22.0. The first-order chi connectivity index (χ1) is 5.77. The van der Waals surface area contributed by atoms with E-state index in [1.54, 1.807) is 17.8 Å². The summed E-state index contributed by atoms with van der Waals surface area (Å²) in [6, 6.07) is 4.62. The minimum atomic E-state index is -0.491. The van der Waals surface area contributed by atoms with Gasteiger partial charge in [0.2, 0.25) is 0 Å². The summed E-state index contributed by atoms with van der Waals surface area (Å²) in [5.74, 6) is 1.29. The molecule has 0 fully saturated rings. The van der Waals surface area contributed by atoms with Crippen molar-refractivity contribution in [2.45, 2.75) is 11.9 Å². The molecule has 0 radical (unpaired) electrons. The van der Waals surface area contributed by atoms with Gasteiger partial charge in [0.15, 0.2) is 0 Å². The fourth-order valence-corrected chi connectivity index (χ4v) is 2.38. The van der Waals surface area contributed by atoms with E-state index in [0.29, 0.717) is 5.75 Å². The van der Waals surface area contributed by atoms with Crippen LogP contribution in [0.2, 0.25) is 0 Å². The highest BCUT2D eigenvalue weighted by Crippen LogP contribution is 2.31. The Labute approximate surface area is 74.6 Å². The summed E-state index contributed by atoms with van der Waals surface area (Å²) >= 11 is 1.68. The fourth-order valence-electron chi connectivity index (χ4n) is 1.38. The minimum absolute atomic E-state index is 0.264. The van der Waals surface area contributed by atoms with Gasteiger partial charge in [0.25, 0.3) is 0 Å². The second kappa shape index (κ2) is 3.07. The average Bonchev–Trinajstić information content (AvgIpc) is 2.07. The lowest BCUT2D eigenvalue weighted by molar-refractivity contribution is 0.201. The molecule has 1 N–H and O–H groups in total. The largest absolute Gasteiger partial charge is 0.388 e. The van der Waals surface area contributed by atoms with Gasteiger partial charge in [-0.15, -0.1) is 0 Å². The third kappa shape index (κ3) is 1.34. The van der Waals surface area contributed by atoms with E-state index < -0.39 is 6.10 Å². The van der Waals surface area contributed by atoms with Gasteiger partial charge in [-0.2, -0.15) is 11.8 Å². The number of aliphatic hydroxyl groups excluding tert-OH is 1. The quantitative estimate of drug-likeness (QED) is 0.666. The summed E-state index contributed by atoms with van der Waals surface area (Å²) in [4.78, 5) is 0. The Morgan fingerprint density at radius 2 is 2.33 bits per heavy atom. The SMILES string of the molecule is OC1CSCc2ccc(F)cc21. The van der Waals surface area contributed by atoms with Crippen LogP contribution in [0.4, 0.5) is 4.39 Å². The third-order valence-electron chi connectivity index (χ3n) is 2.00. The fraction of sp³-hybridized carbons (Fsp3) is 0.333. The highest BCUT2D eigenvalue weighted by molar-refractivity contribution is 7.98. The number of aliphatic hydroxyl groups is 1. The second-order valence-electron chi connectivity index (χ2n) is 2.87. The first-order valence-electron chi connectivity index (χ1n) is 3.81. The zero-order valence-electron chi connectivity index (χ0n) is 6.46. The van der Waals surface area contributed by atoms with Gasteiger partial charge in [0, 0.05) is 11.5 Å². The smallest absolute Gasteiger partial charge is 0.123 e. The standard InChI is InChI=1S/C9H9FOS/c10-7-2-1-6-4-12-5-9(11)8(6)3-7/h1-3,9,11H,4-5H2. The molecule has 1 atom stereocenters. The molecule has 0 amide bonds. The van der Waals surface area contributed by atoms with E-state index >= 15 is 0 Å². The molecule has 0 aliphatic carbocycles. The maximum Gasteiger partial charge on any atom is 0.123 e. The predicted molar refractivity (Wildman–Crippen MR) is 47.5 cm³/mol. The highest BCUT2D eigenvalue weighted by Gasteiger charge is 2.18. The van der Waals surface area contributed by atoms with Crippen molar-refractivity contribution in [2.24, 2.45) is 0 Å².